The Morgan fingerprint density at radius 2 is 2.17 bits per heavy atom. The van der Waals surface area contributed by atoms with Crippen molar-refractivity contribution in [3.63, 3.8) is 0 Å². The van der Waals surface area contributed by atoms with Crippen molar-refractivity contribution in [2.24, 2.45) is 11.3 Å². The van der Waals surface area contributed by atoms with Gasteiger partial charge in [-0.25, -0.2) is 0 Å². The largest absolute Gasteiger partial charge is 0.373 e. The molecule has 1 nitrogen and oxygen atoms in total. The van der Waals surface area contributed by atoms with Gasteiger partial charge in [0, 0.05) is 12.5 Å². The Balaban J connectivity index is 1.98. The van der Waals surface area contributed by atoms with Crippen LogP contribution in [0.2, 0.25) is 0 Å². The minimum Gasteiger partial charge on any atom is -0.373 e. The summed E-state index contributed by atoms with van der Waals surface area (Å²) in [4.78, 5) is 0. The molecule has 1 heterocycles. The van der Waals surface area contributed by atoms with Crippen LogP contribution in [0.25, 0.3) is 0 Å². The summed E-state index contributed by atoms with van der Waals surface area (Å²) in [7, 11) is 0. The lowest BCUT2D eigenvalue weighted by Gasteiger charge is -2.45. The highest BCUT2D eigenvalue weighted by atomic mass is 16.5. The molecule has 0 N–H and O–H groups in total. The maximum absolute atomic E-state index is 5.92. The fourth-order valence-corrected chi connectivity index (χ4v) is 3.40. The number of hydrogen-bond donors (Lipinski definition) is 0. The van der Waals surface area contributed by atoms with Crippen molar-refractivity contribution in [3.05, 3.63) is 23.8 Å². The summed E-state index contributed by atoms with van der Waals surface area (Å²) in [5.74, 6) is 0.595. The summed E-state index contributed by atoms with van der Waals surface area (Å²) in [6.07, 6.45) is 15.3. The van der Waals surface area contributed by atoms with Gasteiger partial charge in [-0.2, -0.15) is 0 Å². The second-order valence-electron chi connectivity index (χ2n) is 6.35. The number of hydrogen-bond acceptors (Lipinski definition) is 1. The molecule has 1 unspecified atom stereocenters. The van der Waals surface area contributed by atoms with Gasteiger partial charge in [-0.3, -0.25) is 0 Å². The molecule has 0 aromatic rings. The smallest absolute Gasteiger partial charge is 0.0826 e. The summed E-state index contributed by atoms with van der Waals surface area (Å²) < 4.78 is 5.92. The molecule has 1 aliphatic heterocycles. The van der Waals surface area contributed by atoms with Crippen LogP contribution < -0.4 is 0 Å². The van der Waals surface area contributed by atoms with Gasteiger partial charge >= 0.3 is 0 Å². The van der Waals surface area contributed by atoms with Crippen molar-refractivity contribution >= 4 is 0 Å². The van der Waals surface area contributed by atoms with Gasteiger partial charge < -0.3 is 4.74 Å². The third-order valence-corrected chi connectivity index (χ3v) is 4.73. The van der Waals surface area contributed by atoms with E-state index in [4.69, 9.17) is 4.74 Å². The molecule has 2 aliphatic rings. The molecular weight excluding hydrogens is 220 g/mol. The van der Waals surface area contributed by atoms with E-state index in [0.29, 0.717) is 17.4 Å². The number of rotatable bonds is 5. The molecule has 0 amide bonds. The molecule has 0 bridgehead atoms. The lowest BCUT2D eigenvalue weighted by Crippen LogP contribution is -2.42. The number of unbranched alkanes of at least 4 members (excludes halogenated alkanes) is 3. The van der Waals surface area contributed by atoms with Crippen LogP contribution in [0.5, 0.6) is 0 Å². The van der Waals surface area contributed by atoms with Crippen molar-refractivity contribution < 1.29 is 4.74 Å². The van der Waals surface area contributed by atoms with E-state index in [1.165, 1.54) is 44.1 Å². The standard InChI is InChI=1S/C17H28O/c1-4-5-6-7-10-17(3)11-12-18-16-9-8-14(2)13-15(16)17/h8-9,13,15-16H,4-7,10-12H2,1-3H3/t15-,16?,17-/m1/s1. The molecule has 1 fully saturated rings. The topological polar surface area (TPSA) is 9.23 Å². The van der Waals surface area contributed by atoms with E-state index in [9.17, 15) is 0 Å². The number of allylic oxidation sites excluding steroid dienone is 2. The Labute approximate surface area is 112 Å². The first kappa shape index (κ1) is 13.9. The summed E-state index contributed by atoms with van der Waals surface area (Å²) in [6.45, 7) is 7.90. The molecule has 0 saturated carbocycles. The minimum absolute atomic E-state index is 0.332. The van der Waals surface area contributed by atoms with Crippen LogP contribution in [0.4, 0.5) is 0 Å². The third kappa shape index (κ3) is 3.06. The number of ether oxygens (including phenoxy) is 1. The van der Waals surface area contributed by atoms with E-state index in [-0.39, 0.29) is 0 Å². The van der Waals surface area contributed by atoms with Gasteiger partial charge in [0.2, 0.25) is 0 Å². The molecule has 0 aromatic carbocycles. The summed E-state index contributed by atoms with van der Waals surface area (Å²) in [5, 5.41) is 0. The van der Waals surface area contributed by atoms with E-state index >= 15 is 0 Å². The van der Waals surface area contributed by atoms with Crippen molar-refractivity contribution in [2.75, 3.05) is 6.61 Å². The molecule has 1 saturated heterocycles. The Kier molecular flexibility index (Phi) is 4.66. The van der Waals surface area contributed by atoms with Gasteiger partial charge in [-0.15, -0.1) is 0 Å². The van der Waals surface area contributed by atoms with Crippen LogP contribution in [0.15, 0.2) is 23.8 Å². The van der Waals surface area contributed by atoms with Gasteiger partial charge in [0.25, 0.3) is 0 Å². The van der Waals surface area contributed by atoms with Gasteiger partial charge in [-0.1, -0.05) is 63.3 Å². The molecule has 18 heavy (non-hydrogen) atoms. The molecule has 0 aromatic heterocycles. The van der Waals surface area contributed by atoms with E-state index in [0.717, 1.165) is 6.61 Å². The maximum atomic E-state index is 5.92. The molecule has 3 atom stereocenters. The highest BCUT2D eigenvalue weighted by Crippen LogP contribution is 2.45. The van der Waals surface area contributed by atoms with Crippen molar-refractivity contribution in [1.29, 1.82) is 0 Å². The Bertz CT molecular complexity index is 329. The fraction of sp³-hybridized carbons (Fsp3) is 0.765. The monoisotopic (exact) mass is 248 g/mol. The summed E-state index contributed by atoms with van der Waals surface area (Å²) in [6, 6.07) is 0. The molecule has 2 rings (SSSR count). The molecule has 1 aliphatic carbocycles. The first-order valence-corrected chi connectivity index (χ1v) is 7.64. The average molecular weight is 248 g/mol. The van der Waals surface area contributed by atoms with E-state index < -0.39 is 0 Å². The predicted octanol–water partition coefficient (Wildman–Crippen LogP) is 4.88. The van der Waals surface area contributed by atoms with Crippen LogP contribution in [-0.4, -0.2) is 12.7 Å². The Morgan fingerprint density at radius 1 is 1.33 bits per heavy atom. The Hall–Kier alpha value is -0.560. The van der Waals surface area contributed by atoms with Crippen LogP contribution in [0, 0.1) is 11.3 Å². The second kappa shape index (κ2) is 6.06. The highest BCUT2D eigenvalue weighted by Gasteiger charge is 2.41. The zero-order valence-corrected chi connectivity index (χ0v) is 12.2. The highest BCUT2D eigenvalue weighted by molar-refractivity contribution is 5.27. The van der Waals surface area contributed by atoms with E-state index in [2.05, 4.69) is 39.0 Å². The second-order valence-corrected chi connectivity index (χ2v) is 6.35. The predicted molar refractivity (Wildman–Crippen MR) is 77.6 cm³/mol. The lowest BCUT2D eigenvalue weighted by molar-refractivity contribution is -0.0586. The molecular formula is C17H28O. The molecule has 0 radical (unpaired) electrons. The minimum atomic E-state index is 0.332. The maximum Gasteiger partial charge on any atom is 0.0826 e. The normalized spacial score (nSPS) is 35.2. The SMILES string of the molecule is CCCCCC[C@]1(C)CCOC2C=CC(C)=C[C@H]21. The third-order valence-electron chi connectivity index (χ3n) is 4.73. The number of fused-ring (bicyclic) bond motifs is 1. The molecule has 102 valence electrons. The van der Waals surface area contributed by atoms with Crippen molar-refractivity contribution in [3.8, 4) is 0 Å². The zero-order chi connectivity index (χ0) is 13.0. The van der Waals surface area contributed by atoms with Gasteiger partial charge in [-0.05, 0) is 25.2 Å². The van der Waals surface area contributed by atoms with Crippen LogP contribution >= 0.6 is 0 Å². The van der Waals surface area contributed by atoms with Crippen LogP contribution in [0.3, 0.4) is 0 Å². The Morgan fingerprint density at radius 3 is 2.94 bits per heavy atom. The quantitative estimate of drug-likeness (QED) is 0.630. The van der Waals surface area contributed by atoms with Crippen molar-refractivity contribution in [2.45, 2.75) is 65.4 Å². The molecule has 0 spiro atoms. The van der Waals surface area contributed by atoms with Crippen molar-refractivity contribution in [1.82, 2.24) is 0 Å². The van der Waals surface area contributed by atoms with Gasteiger partial charge in [0.05, 0.1) is 6.10 Å². The van der Waals surface area contributed by atoms with E-state index in [1.54, 1.807) is 0 Å². The van der Waals surface area contributed by atoms with Gasteiger partial charge in [0.15, 0.2) is 0 Å². The fourth-order valence-electron chi connectivity index (χ4n) is 3.40. The zero-order valence-electron chi connectivity index (χ0n) is 12.2. The molecule has 1 heteroatoms. The average Bonchev–Trinajstić information content (AvgIpc) is 2.36. The summed E-state index contributed by atoms with van der Waals surface area (Å²) in [5.41, 5.74) is 1.85. The van der Waals surface area contributed by atoms with E-state index in [1.807, 2.05) is 0 Å². The van der Waals surface area contributed by atoms with Crippen LogP contribution in [-0.2, 0) is 4.74 Å². The lowest BCUT2D eigenvalue weighted by atomic mass is 9.66. The van der Waals surface area contributed by atoms with Gasteiger partial charge in [0.1, 0.15) is 0 Å². The first-order valence-electron chi connectivity index (χ1n) is 7.64. The van der Waals surface area contributed by atoms with Crippen LogP contribution in [0.1, 0.15) is 59.3 Å². The first-order chi connectivity index (χ1) is 8.65. The summed E-state index contributed by atoms with van der Waals surface area (Å²) >= 11 is 0.